The molecule has 1 aliphatic rings. The molecular formula is C15H25N3O. The molecule has 2 heterocycles. The van der Waals surface area contributed by atoms with Gasteiger partial charge in [0, 0.05) is 24.3 Å². The number of rotatable bonds is 4. The lowest BCUT2D eigenvalue weighted by molar-refractivity contribution is 0.563. The van der Waals surface area contributed by atoms with Gasteiger partial charge in [0.25, 0.3) is 5.56 Å². The molecule has 0 spiro atoms. The van der Waals surface area contributed by atoms with Crippen LogP contribution in [0.2, 0.25) is 0 Å². The number of aryl methyl sites for hydroxylation is 1. The first-order chi connectivity index (χ1) is 9.08. The second kappa shape index (κ2) is 6.22. The molecule has 0 bridgehead atoms. The Morgan fingerprint density at radius 2 is 1.95 bits per heavy atom. The van der Waals surface area contributed by atoms with Gasteiger partial charge in [-0.3, -0.25) is 9.78 Å². The van der Waals surface area contributed by atoms with Gasteiger partial charge < -0.3 is 4.90 Å². The van der Waals surface area contributed by atoms with Gasteiger partial charge in [0.1, 0.15) is 0 Å². The minimum absolute atomic E-state index is 0.0497. The Morgan fingerprint density at radius 1 is 1.26 bits per heavy atom. The molecule has 0 saturated carbocycles. The Labute approximate surface area is 115 Å². The third kappa shape index (κ3) is 3.58. The summed E-state index contributed by atoms with van der Waals surface area (Å²) in [6.45, 7) is 8.33. The molecule has 1 aromatic rings. The van der Waals surface area contributed by atoms with E-state index in [1.54, 1.807) is 0 Å². The number of piperidine rings is 1. The molecule has 1 aromatic heterocycles. The topological polar surface area (TPSA) is 49.0 Å². The minimum Gasteiger partial charge on any atom is -0.342 e. The largest absolute Gasteiger partial charge is 0.342 e. The van der Waals surface area contributed by atoms with E-state index in [0.29, 0.717) is 5.92 Å². The second-order valence-electron chi connectivity index (χ2n) is 5.93. The van der Waals surface area contributed by atoms with Crippen molar-refractivity contribution in [3.63, 3.8) is 0 Å². The van der Waals surface area contributed by atoms with Gasteiger partial charge in [0.2, 0.25) is 5.95 Å². The molecule has 0 unspecified atom stereocenters. The molecule has 19 heavy (non-hydrogen) atoms. The molecule has 0 radical (unpaired) electrons. The summed E-state index contributed by atoms with van der Waals surface area (Å²) in [6, 6.07) is 0. The lowest BCUT2D eigenvalue weighted by Gasteiger charge is -2.27. The monoisotopic (exact) mass is 263 g/mol. The van der Waals surface area contributed by atoms with Crippen LogP contribution in [-0.4, -0.2) is 23.1 Å². The number of nitrogens with zero attached hydrogens (tertiary/aromatic N) is 2. The van der Waals surface area contributed by atoms with E-state index in [-0.39, 0.29) is 5.56 Å². The van der Waals surface area contributed by atoms with E-state index in [1.807, 2.05) is 6.92 Å². The molecule has 0 amide bonds. The highest BCUT2D eigenvalue weighted by atomic mass is 16.1. The van der Waals surface area contributed by atoms with Crippen molar-refractivity contribution >= 4 is 5.95 Å². The first-order valence-corrected chi connectivity index (χ1v) is 7.42. The van der Waals surface area contributed by atoms with Crippen molar-refractivity contribution in [2.75, 3.05) is 18.0 Å². The molecular weight excluding hydrogens is 238 g/mol. The molecule has 106 valence electrons. The van der Waals surface area contributed by atoms with E-state index in [9.17, 15) is 4.79 Å². The summed E-state index contributed by atoms with van der Waals surface area (Å²) in [7, 11) is 0. The predicted octanol–water partition coefficient (Wildman–Crippen LogP) is 2.66. The van der Waals surface area contributed by atoms with Gasteiger partial charge >= 0.3 is 0 Å². The Morgan fingerprint density at radius 3 is 2.53 bits per heavy atom. The number of H-pyrrole nitrogens is 1. The van der Waals surface area contributed by atoms with E-state index in [4.69, 9.17) is 0 Å². The zero-order chi connectivity index (χ0) is 13.8. The summed E-state index contributed by atoms with van der Waals surface area (Å²) in [5.74, 6) is 1.37. The summed E-state index contributed by atoms with van der Waals surface area (Å²) < 4.78 is 0. The SMILES string of the molecule is Cc1nc(N2CCCCC2)[nH]c(=O)c1CCC(C)C. The molecule has 2 rings (SSSR count). The van der Waals surface area contributed by atoms with E-state index < -0.39 is 0 Å². The quantitative estimate of drug-likeness (QED) is 0.908. The van der Waals surface area contributed by atoms with Gasteiger partial charge in [0.15, 0.2) is 0 Å². The fourth-order valence-electron chi connectivity index (χ4n) is 2.58. The van der Waals surface area contributed by atoms with Crippen molar-refractivity contribution in [2.24, 2.45) is 5.92 Å². The van der Waals surface area contributed by atoms with Crippen molar-refractivity contribution in [1.82, 2.24) is 9.97 Å². The maximum absolute atomic E-state index is 12.2. The Hall–Kier alpha value is -1.32. The number of aromatic nitrogens is 2. The number of anilines is 1. The molecule has 0 aromatic carbocycles. The standard InChI is InChI=1S/C15H25N3O/c1-11(2)7-8-13-12(3)16-15(17-14(13)19)18-9-5-4-6-10-18/h11H,4-10H2,1-3H3,(H,16,17,19). The van der Waals surface area contributed by atoms with Crippen molar-refractivity contribution < 1.29 is 0 Å². The van der Waals surface area contributed by atoms with E-state index in [0.717, 1.165) is 43.1 Å². The lowest BCUT2D eigenvalue weighted by Crippen LogP contribution is -2.33. The molecule has 4 nitrogen and oxygen atoms in total. The Bertz CT molecular complexity index is 473. The summed E-state index contributed by atoms with van der Waals surface area (Å²) >= 11 is 0. The second-order valence-corrected chi connectivity index (χ2v) is 5.93. The average Bonchev–Trinajstić information content (AvgIpc) is 2.38. The van der Waals surface area contributed by atoms with Crippen molar-refractivity contribution in [3.8, 4) is 0 Å². The molecule has 1 N–H and O–H groups in total. The maximum Gasteiger partial charge on any atom is 0.255 e. The first kappa shape index (κ1) is 14.1. The van der Waals surface area contributed by atoms with Crippen molar-refractivity contribution in [2.45, 2.75) is 52.9 Å². The average molecular weight is 263 g/mol. The van der Waals surface area contributed by atoms with Gasteiger partial charge in [-0.1, -0.05) is 13.8 Å². The highest BCUT2D eigenvalue weighted by Crippen LogP contribution is 2.16. The summed E-state index contributed by atoms with van der Waals surface area (Å²) in [6.07, 6.45) is 5.53. The van der Waals surface area contributed by atoms with E-state index in [1.165, 1.54) is 19.3 Å². The zero-order valence-electron chi connectivity index (χ0n) is 12.3. The van der Waals surface area contributed by atoms with Crippen LogP contribution in [0.15, 0.2) is 4.79 Å². The fraction of sp³-hybridized carbons (Fsp3) is 0.733. The number of hydrogen-bond acceptors (Lipinski definition) is 3. The summed E-state index contributed by atoms with van der Waals surface area (Å²) in [5, 5.41) is 0. The van der Waals surface area contributed by atoms with Crippen LogP contribution in [0, 0.1) is 12.8 Å². The van der Waals surface area contributed by atoms with Gasteiger partial charge in [-0.25, -0.2) is 4.98 Å². The van der Waals surface area contributed by atoms with Crippen LogP contribution in [-0.2, 0) is 6.42 Å². The number of nitrogens with one attached hydrogen (secondary N) is 1. The third-order valence-electron chi connectivity index (χ3n) is 3.84. The van der Waals surface area contributed by atoms with E-state index >= 15 is 0 Å². The van der Waals surface area contributed by atoms with Crippen LogP contribution < -0.4 is 10.5 Å². The fourth-order valence-corrected chi connectivity index (χ4v) is 2.58. The number of hydrogen-bond donors (Lipinski definition) is 1. The molecule has 0 atom stereocenters. The van der Waals surface area contributed by atoms with Crippen LogP contribution in [0.3, 0.4) is 0 Å². The van der Waals surface area contributed by atoms with Crippen LogP contribution in [0.4, 0.5) is 5.95 Å². The zero-order valence-corrected chi connectivity index (χ0v) is 12.3. The van der Waals surface area contributed by atoms with E-state index in [2.05, 4.69) is 28.7 Å². The molecule has 1 saturated heterocycles. The van der Waals surface area contributed by atoms with Gasteiger partial charge in [-0.15, -0.1) is 0 Å². The highest BCUT2D eigenvalue weighted by molar-refractivity contribution is 5.33. The van der Waals surface area contributed by atoms with Crippen LogP contribution in [0.1, 0.15) is 50.8 Å². The first-order valence-electron chi connectivity index (χ1n) is 7.42. The van der Waals surface area contributed by atoms with Crippen molar-refractivity contribution in [1.29, 1.82) is 0 Å². The lowest BCUT2D eigenvalue weighted by atomic mass is 10.0. The Kier molecular flexibility index (Phi) is 4.61. The van der Waals surface area contributed by atoms with Crippen molar-refractivity contribution in [3.05, 3.63) is 21.6 Å². The van der Waals surface area contributed by atoms with Crippen LogP contribution >= 0.6 is 0 Å². The molecule has 1 aliphatic heterocycles. The molecule has 4 heteroatoms. The van der Waals surface area contributed by atoms with Crippen LogP contribution in [0.25, 0.3) is 0 Å². The highest BCUT2D eigenvalue weighted by Gasteiger charge is 2.15. The summed E-state index contributed by atoms with van der Waals surface area (Å²) in [4.78, 5) is 22.0. The number of aromatic amines is 1. The van der Waals surface area contributed by atoms with Gasteiger partial charge in [-0.05, 0) is 44.9 Å². The predicted molar refractivity (Wildman–Crippen MR) is 78.8 cm³/mol. The molecule has 1 fully saturated rings. The normalized spacial score (nSPS) is 16.1. The molecule has 0 aliphatic carbocycles. The summed E-state index contributed by atoms with van der Waals surface area (Å²) in [5.41, 5.74) is 1.80. The minimum atomic E-state index is 0.0497. The van der Waals surface area contributed by atoms with Gasteiger partial charge in [-0.2, -0.15) is 0 Å². The Balaban J connectivity index is 2.18. The smallest absolute Gasteiger partial charge is 0.255 e. The maximum atomic E-state index is 12.2. The van der Waals surface area contributed by atoms with Gasteiger partial charge in [0.05, 0.1) is 0 Å². The third-order valence-corrected chi connectivity index (χ3v) is 3.84. The van der Waals surface area contributed by atoms with Crippen LogP contribution in [0.5, 0.6) is 0 Å².